The number of aromatic amines is 1. The van der Waals surface area contributed by atoms with E-state index in [1.165, 1.54) is 18.1 Å². The van der Waals surface area contributed by atoms with Crippen molar-refractivity contribution in [1.29, 1.82) is 0 Å². The maximum atomic E-state index is 11.6. The Morgan fingerprint density at radius 2 is 1.96 bits per heavy atom. The molecular formula is C22H22N2O2. The van der Waals surface area contributed by atoms with Gasteiger partial charge in [-0.25, -0.2) is 0 Å². The van der Waals surface area contributed by atoms with Gasteiger partial charge in [-0.3, -0.25) is 4.79 Å². The SMILES string of the molecule is C=C1NCCc2c(-c3ccccc3CCC(=O)OC)[nH]c3cccc1c23. The second kappa shape index (κ2) is 6.71. The first kappa shape index (κ1) is 16.5. The number of H-pyrrole nitrogens is 1. The minimum absolute atomic E-state index is 0.183. The predicted molar refractivity (Wildman–Crippen MR) is 105 cm³/mol. The number of methoxy groups -OCH3 is 1. The van der Waals surface area contributed by atoms with E-state index in [9.17, 15) is 4.79 Å². The summed E-state index contributed by atoms with van der Waals surface area (Å²) in [5.41, 5.74) is 8.01. The summed E-state index contributed by atoms with van der Waals surface area (Å²) in [4.78, 5) is 15.2. The van der Waals surface area contributed by atoms with Crippen LogP contribution in [0.25, 0.3) is 27.9 Å². The van der Waals surface area contributed by atoms with Crippen LogP contribution in [0.3, 0.4) is 0 Å². The Morgan fingerprint density at radius 3 is 2.81 bits per heavy atom. The van der Waals surface area contributed by atoms with Gasteiger partial charge in [0.15, 0.2) is 0 Å². The van der Waals surface area contributed by atoms with Gasteiger partial charge in [0.1, 0.15) is 0 Å². The van der Waals surface area contributed by atoms with Crippen LogP contribution < -0.4 is 5.32 Å². The highest BCUT2D eigenvalue weighted by molar-refractivity contribution is 5.99. The Labute approximate surface area is 152 Å². The number of hydrogen-bond donors (Lipinski definition) is 2. The molecule has 0 spiro atoms. The first-order valence-electron chi connectivity index (χ1n) is 8.91. The molecule has 3 aromatic rings. The third-order valence-corrected chi connectivity index (χ3v) is 5.08. The van der Waals surface area contributed by atoms with Crippen molar-refractivity contribution in [3.8, 4) is 11.3 Å². The van der Waals surface area contributed by atoms with Gasteiger partial charge >= 0.3 is 5.97 Å². The maximum absolute atomic E-state index is 11.6. The third-order valence-electron chi connectivity index (χ3n) is 5.08. The number of ether oxygens (including phenoxy) is 1. The van der Waals surface area contributed by atoms with Gasteiger partial charge < -0.3 is 15.0 Å². The van der Waals surface area contributed by atoms with E-state index in [1.807, 2.05) is 12.1 Å². The third kappa shape index (κ3) is 2.77. The van der Waals surface area contributed by atoms with E-state index in [1.54, 1.807) is 0 Å². The standard InChI is InChI=1S/C22H22N2O2/c1-14-16-8-5-9-19-21(16)18(12-13-23-14)22(24-19)17-7-4-3-6-15(17)10-11-20(25)26-2/h3-9,23-24H,1,10-13H2,2H3. The number of nitrogens with one attached hydrogen (secondary N) is 2. The minimum Gasteiger partial charge on any atom is -0.469 e. The number of aryl methyl sites for hydroxylation is 1. The molecule has 0 atom stereocenters. The highest BCUT2D eigenvalue weighted by Gasteiger charge is 2.21. The van der Waals surface area contributed by atoms with Gasteiger partial charge in [0.25, 0.3) is 0 Å². The molecule has 0 saturated carbocycles. The van der Waals surface area contributed by atoms with Gasteiger partial charge in [-0.2, -0.15) is 0 Å². The molecule has 4 nitrogen and oxygen atoms in total. The molecule has 4 rings (SSSR count). The molecule has 1 aliphatic heterocycles. The van der Waals surface area contributed by atoms with E-state index < -0.39 is 0 Å². The zero-order valence-electron chi connectivity index (χ0n) is 14.9. The first-order valence-corrected chi connectivity index (χ1v) is 8.91. The molecule has 4 heteroatoms. The lowest BCUT2D eigenvalue weighted by atomic mass is 9.95. The van der Waals surface area contributed by atoms with E-state index in [4.69, 9.17) is 4.74 Å². The number of esters is 1. The van der Waals surface area contributed by atoms with Crippen molar-refractivity contribution in [2.45, 2.75) is 19.3 Å². The van der Waals surface area contributed by atoms with E-state index in [0.29, 0.717) is 12.8 Å². The lowest BCUT2D eigenvalue weighted by Crippen LogP contribution is -2.12. The Kier molecular flexibility index (Phi) is 4.25. The molecule has 2 heterocycles. The first-order chi connectivity index (χ1) is 12.7. The molecule has 0 aliphatic carbocycles. The molecule has 2 aromatic carbocycles. The normalized spacial score (nSPS) is 13.3. The van der Waals surface area contributed by atoms with Gasteiger partial charge in [0.2, 0.25) is 0 Å². The Bertz CT molecular complexity index is 1000. The second-order valence-electron chi connectivity index (χ2n) is 6.60. The average molecular weight is 346 g/mol. The fraction of sp³-hybridized carbons (Fsp3) is 0.227. The molecule has 0 fully saturated rings. The van der Waals surface area contributed by atoms with Crippen LogP contribution in [-0.4, -0.2) is 24.6 Å². The second-order valence-corrected chi connectivity index (χ2v) is 6.60. The summed E-state index contributed by atoms with van der Waals surface area (Å²) in [5, 5.41) is 4.66. The Balaban J connectivity index is 1.86. The summed E-state index contributed by atoms with van der Waals surface area (Å²) in [5.74, 6) is -0.183. The molecule has 0 unspecified atom stereocenters. The minimum atomic E-state index is -0.183. The summed E-state index contributed by atoms with van der Waals surface area (Å²) in [6, 6.07) is 14.6. The number of benzene rings is 2. The van der Waals surface area contributed by atoms with Crippen molar-refractivity contribution in [2.24, 2.45) is 0 Å². The van der Waals surface area contributed by atoms with E-state index in [2.05, 4.69) is 47.2 Å². The van der Waals surface area contributed by atoms with Crippen molar-refractivity contribution < 1.29 is 9.53 Å². The lowest BCUT2D eigenvalue weighted by Gasteiger charge is -2.10. The van der Waals surface area contributed by atoms with Crippen molar-refractivity contribution in [1.82, 2.24) is 10.3 Å². The molecule has 0 saturated heterocycles. The van der Waals surface area contributed by atoms with E-state index in [0.717, 1.165) is 46.6 Å². The van der Waals surface area contributed by atoms with Crippen molar-refractivity contribution in [2.75, 3.05) is 13.7 Å². The number of aromatic nitrogens is 1. The van der Waals surface area contributed by atoms with Crippen LogP contribution in [0, 0.1) is 0 Å². The highest BCUT2D eigenvalue weighted by atomic mass is 16.5. The Hall–Kier alpha value is -3.01. The number of carbonyl (C=O) groups excluding carboxylic acids is 1. The molecular weight excluding hydrogens is 324 g/mol. The van der Waals surface area contributed by atoms with E-state index in [-0.39, 0.29) is 5.97 Å². The van der Waals surface area contributed by atoms with Gasteiger partial charge in [-0.15, -0.1) is 0 Å². The van der Waals surface area contributed by atoms with Crippen LogP contribution in [0.1, 0.15) is 23.1 Å². The van der Waals surface area contributed by atoms with Crippen molar-refractivity contribution >= 4 is 22.6 Å². The molecule has 1 aliphatic rings. The van der Waals surface area contributed by atoms with Crippen LogP contribution in [0.4, 0.5) is 0 Å². The van der Waals surface area contributed by atoms with Crippen LogP contribution in [-0.2, 0) is 22.4 Å². The number of hydrogen-bond acceptors (Lipinski definition) is 3. The zero-order valence-corrected chi connectivity index (χ0v) is 14.9. The molecule has 26 heavy (non-hydrogen) atoms. The van der Waals surface area contributed by atoms with Crippen LogP contribution >= 0.6 is 0 Å². The average Bonchev–Trinajstić information content (AvgIpc) is 2.95. The van der Waals surface area contributed by atoms with Crippen molar-refractivity contribution in [3.05, 3.63) is 65.7 Å². The van der Waals surface area contributed by atoms with Crippen molar-refractivity contribution in [3.63, 3.8) is 0 Å². The molecule has 1 aromatic heterocycles. The highest BCUT2D eigenvalue weighted by Crippen LogP contribution is 2.37. The quantitative estimate of drug-likeness (QED) is 0.701. The van der Waals surface area contributed by atoms with Gasteiger partial charge in [0, 0.05) is 40.7 Å². The molecule has 0 bridgehead atoms. The predicted octanol–water partition coefficient (Wildman–Crippen LogP) is 4.06. The number of carbonyl (C=O) groups is 1. The summed E-state index contributed by atoms with van der Waals surface area (Å²) >= 11 is 0. The molecule has 2 N–H and O–H groups in total. The molecule has 0 radical (unpaired) electrons. The molecule has 0 amide bonds. The number of rotatable bonds is 4. The van der Waals surface area contributed by atoms with E-state index >= 15 is 0 Å². The van der Waals surface area contributed by atoms with Crippen LogP contribution in [0.15, 0.2) is 49.0 Å². The monoisotopic (exact) mass is 346 g/mol. The lowest BCUT2D eigenvalue weighted by molar-refractivity contribution is -0.140. The fourth-order valence-electron chi connectivity index (χ4n) is 3.80. The zero-order chi connectivity index (χ0) is 18.1. The molecule has 132 valence electrons. The summed E-state index contributed by atoms with van der Waals surface area (Å²) in [6.07, 6.45) is 1.97. The maximum Gasteiger partial charge on any atom is 0.305 e. The van der Waals surface area contributed by atoms with Crippen LogP contribution in [0.2, 0.25) is 0 Å². The summed E-state index contributed by atoms with van der Waals surface area (Å²) < 4.78 is 4.80. The topological polar surface area (TPSA) is 54.1 Å². The van der Waals surface area contributed by atoms with Gasteiger partial charge in [-0.1, -0.05) is 43.0 Å². The fourth-order valence-corrected chi connectivity index (χ4v) is 3.80. The smallest absolute Gasteiger partial charge is 0.305 e. The van der Waals surface area contributed by atoms with Gasteiger partial charge in [-0.05, 0) is 30.0 Å². The summed E-state index contributed by atoms with van der Waals surface area (Å²) in [6.45, 7) is 5.04. The summed E-state index contributed by atoms with van der Waals surface area (Å²) in [7, 11) is 1.43. The largest absolute Gasteiger partial charge is 0.469 e. The Morgan fingerprint density at radius 1 is 1.15 bits per heavy atom. The van der Waals surface area contributed by atoms with Gasteiger partial charge in [0.05, 0.1) is 12.8 Å². The van der Waals surface area contributed by atoms with Crippen LogP contribution in [0.5, 0.6) is 0 Å².